The first-order valence-electron chi connectivity index (χ1n) is 4.66. The predicted molar refractivity (Wildman–Crippen MR) is 63.4 cm³/mol. The number of nitrogens with zero attached hydrogens (tertiary/aromatic N) is 4. The van der Waals surface area contributed by atoms with Gasteiger partial charge in [0.2, 0.25) is 5.82 Å². The molecule has 0 fully saturated rings. The maximum atomic E-state index is 10.6. The van der Waals surface area contributed by atoms with Crippen molar-refractivity contribution < 1.29 is 9.85 Å². The average Bonchev–Trinajstić information content (AvgIpc) is 2.87. The largest absolute Gasteiger partial charge is 0.378 e. The van der Waals surface area contributed by atoms with Crippen LogP contribution in [-0.2, 0) is 6.54 Å². The SMILES string of the molecule is Nc1c([N+](=O)[O-])cnn1Cc1csc([N+](=O)[O-])c1. The summed E-state index contributed by atoms with van der Waals surface area (Å²) in [6, 6.07) is 1.39. The standard InChI is InChI=1S/C8H7N5O4S/c9-8-6(12(14)15)2-10-11(8)3-5-1-7(13(16)17)18-4-5/h1-2,4H,3,9H2. The van der Waals surface area contributed by atoms with Gasteiger partial charge in [-0.3, -0.25) is 20.2 Å². The Bertz CT molecular complexity index is 619. The Balaban J connectivity index is 2.23. The van der Waals surface area contributed by atoms with Crippen LogP contribution in [0.4, 0.5) is 16.5 Å². The molecule has 0 amide bonds. The molecule has 0 saturated heterocycles. The van der Waals surface area contributed by atoms with Gasteiger partial charge in [0.05, 0.1) is 16.4 Å². The molecule has 2 rings (SSSR count). The lowest BCUT2D eigenvalue weighted by Crippen LogP contribution is -2.06. The highest BCUT2D eigenvalue weighted by Gasteiger charge is 2.18. The molecule has 2 aromatic heterocycles. The van der Waals surface area contributed by atoms with Crippen molar-refractivity contribution in [3.63, 3.8) is 0 Å². The second-order valence-corrected chi connectivity index (χ2v) is 4.27. The summed E-state index contributed by atoms with van der Waals surface area (Å²) in [6.07, 6.45) is 1.05. The van der Waals surface area contributed by atoms with E-state index in [-0.39, 0.29) is 23.1 Å². The molecule has 0 saturated carbocycles. The third-order valence-corrected chi connectivity index (χ3v) is 3.14. The molecule has 0 spiro atoms. The summed E-state index contributed by atoms with van der Waals surface area (Å²) in [6.45, 7) is 0.157. The maximum Gasteiger partial charge on any atom is 0.330 e. The van der Waals surface area contributed by atoms with Crippen LogP contribution in [0.5, 0.6) is 0 Å². The van der Waals surface area contributed by atoms with Gasteiger partial charge in [0.25, 0.3) is 0 Å². The normalized spacial score (nSPS) is 10.4. The zero-order valence-electron chi connectivity index (χ0n) is 8.85. The molecular weight excluding hydrogens is 262 g/mol. The number of rotatable bonds is 4. The number of nitro groups is 2. The Labute approximate surface area is 104 Å². The fraction of sp³-hybridized carbons (Fsp3) is 0.125. The molecule has 0 bridgehead atoms. The fourth-order valence-electron chi connectivity index (χ4n) is 1.37. The van der Waals surface area contributed by atoms with Crippen molar-refractivity contribution >= 4 is 27.8 Å². The van der Waals surface area contributed by atoms with Gasteiger partial charge in [-0.05, 0) is 5.56 Å². The number of hydrogen-bond donors (Lipinski definition) is 1. The van der Waals surface area contributed by atoms with Crippen molar-refractivity contribution in [2.75, 3.05) is 5.73 Å². The van der Waals surface area contributed by atoms with E-state index in [1.54, 1.807) is 5.38 Å². The second-order valence-electron chi connectivity index (χ2n) is 3.38. The Morgan fingerprint density at radius 1 is 1.39 bits per heavy atom. The molecule has 0 aromatic carbocycles. The molecule has 2 heterocycles. The van der Waals surface area contributed by atoms with Crippen LogP contribution in [0.1, 0.15) is 5.56 Å². The minimum Gasteiger partial charge on any atom is -0.378 e. The summed E-state index contributed by atoms with van der Waals surface area (Å²) < 4.78 is 1.23. The first-order chi connectivity index (χ1) is 8.49. The van der Waals surface area contributed by atoms with Crippen LogP contribution in [0.15, 0.2) is 17.6 Å². The van der Waals surface area contributed by atoms with Crippen LogP contribution >= 0.6 is 11.3 Å². The Hall–Kier alpha value is -2.49. The van der Waals surface area contributed by atoms with Gasteiger partial charge in [-0.2, -0.15) is 5.10 Å². The molecule has 2 aromatic rings. The monoisotopic (exact) mass is 269 g/mol. The molecule has 0 unspecified atom stereocenters. The van der Waals surface area contributed by atoms with Crippen LogP contribution in [-0.4, -0.2) is 19.6 Å². The number of aromatic nitrogens is 2. The quantitative estimate of drug-likeness (QED) is 0.659. The Morgan fingerprint density at radius 3 is 2.61 bits per heavy atom. The van der Waals surface area contributed by atoms with Gasteiger partial charge >= 0.3 is 10.7 Å². The highest BCUT2D eigenvalue weighted by Crippen LogP contribution is 2.25. The van der Waals surface area contributed by atoms with Gasteiger partial charge in [-0.15, -0.1) is 0 Å². The number of nitrogen functional groups attached to an aromatic ring is 1. The summed E-state index contributed by atoms with van der Waals surface area (Å²) in [4.78, 5) is 19.9. The molecule has 9 nitrogen and oxygen atoms in total. The molecule has 0 aliphatic rings. The average molecular weight is 269 g/mol. The van der Waals surface area contributed by atoms with Gasteiger partial charge in [-0.1, -0.05) is 11.3 Å². The van der Waals surface area contributed by atoms with Crippen LogP contribution < -0.4 is 5.73 Å². The predicted octanol–water partition coefficient (Wildman–Crippen LogP) is 1.39. The summed E-state index contributed by atoms with van der Waals surface area (Å²) in [5.41, 5.74) is 5.89. The van der Waals surface area contributed by atoms with Crippen molar-refractivity contribution in [2.24, 2.45) is 0 Å². The van der Waals surface area contributed by atoms with Crippen LogP contribution in [0.3, 0.4) is 0 Å². The minimum atomic E-state index is -0.630. The van der Waals surface area contributed by atoms with Crippen LogP contribution in [0.25, 0.3) is 0 Å². The summed E-state index contributed by atoms with van der Waals surface area (Å²) in [5.74, 6) is -0.0751. The third-order valence-electron chi connectivity index (χ3n) is 2.21. The Kier molecular flexibility index (Phi) is 2.93. The number of hydrogen-bond acceptors (Lipinski definition) is 7. The van der Waals surface area contributed by atoms with E-state index in [1.165, 1.54) is 10.7 Å². The highest BCUT2D eigenvalue weighted by molar-refractivity contribution is 7.13. The maximum absolute atomic E-state index is 10.6. The molecule has 0 aliphatic heterocycles. The zero-order valence-corrected chi connectivity index (χ0v) is 9.66. The molecule has 18 heavy (non-hydrogen) atoms. The lowest BCUT2D eigenvalue weighted by molar-refractivity contribution is -0.384. The number of nitrogens with two attached hydrogens (primary N) is 1. The molecule has 10 heteroatoms. The Morgan fingerprint density at radius 2 is 2.11 bits per heavy atom. The molecule has 0 radical (unpaired) electrons. The fourth-order valence-corrected chi connectivity index (χ4v) is 2.09. The summed E-state index contributed by atoms with van der Waals surface area (Å²) in [5, 5.41) is 26.4. The highest BCUT2D eigenvalue weighted by atomic mass is 32.1. The third kappa shape index (κ3) is 2.13. The van der Waals surface area contributed by atoms with Gasteiger partial charge in [0, 0.05) is 11.4 Å². The summed E-state index contributed by atoms with van der Waals surface area (Å²) >= 11 is 0.981. The van der Waals surface area contributed by atoms with E-state index < -0.39 is 9.85 Å². The van der Waals surface area contributed by atoms with Gasteiger partial charge < -0.3 is 5.73 Å². The molecule has 94 valence electrons. The van der Waals surface area contributed by atoms with Gasteiger partial charge in [-0.25, -0.2) is 4.68 Å². The van der Waals surface area contributed by atoms with E-state index >= 15 is 0 Å². The zero-order chi connectivity index (χ0) is 13.3. The molecular formula is C8H7N5O4S. The van der Waals surface area contributed by atoms with E-state index in [2.05, 4.69) is 5.10 Å². The first-order valence-corrected chi connectivity index (χ1v) is 5.54. The van der Waals surface area contributed by atoms with Crippen molar-refractivity contribution in [2.45, 2.75) is 6.54 Å². The van der Waals surface area contributed by atoms with E-state index in [1.807, 2.05) is 0 Å². The number of thiophene rings is 1. The minimum absolute atomic E-state index is 0.00484. The first kappa shape index (κ1) is 12.0. The van der Waals surface area contributed by atoms with E-state index in [0.717, 1.165) is 17.5 Å². The van der Waals surface area contributed by atoms with Crippen molar-refractivity contribution in [1.29, 1.82) is 0 Å². The van der Waals surface area contributed by atoms with Crippen molar-refractivity contribution in [3.8, 4) is 0 Å². The summed E-state index contributed by atoms with van der Waals surface area (Å²) in [7, 11) is 0. The smallest absolute Gasteiger partial charge is 0.330 e. The van der Waals surface area contributed by atoms with Crippen molar-refractivity contribution in [3.05, 3.63) is 43.4 Å². The number of anilines is 1. The second kappa shape index (κ2) is 4.41. The lowest BCUT2D eigenvalue weighted by Gasteiger charge is -2.00. The van der Waals surface area contributed by atoms with Crippen LogP contribution in [0.2, 0.25) is 0 Å². The van der Waals surface area contributed by atoms with Gasteiger partial charge in [0.15, 0.2) is 0 Å². The van der Waals surface area contributed by atoms with Crippen molar-refractivity contribution in [1.82, 2.24) is 9.78 Å². The molecule has 0 aliphatic carbocycles. The van der Waals surface area contributed by atoms with E-state index in [0.29, 0.717) is 5.56 Å². The topological polar surface area (TPSA) is 130 Å². The lowest BCUT2D eigenvalue weighted by atomic mass is 10.3. The molecule has 0 atom stereocenters. The van der Waals surface area contributed by atoms with Gasteiger partial charge in [0.1, 0.15) is 6.20 Å². The van der Waals surface area contributed by atoms with E-state index in [9.17, 15) is 20.2 Å². The van der Waals surface area contributed by atoms with E-state index in [4.69, 9.17) is 5.73 Å². The van der Waals surface area contributed by atoms with Crippen LogP contribution in [0, 0.1) is 20.2 Å². The molecule has 2 N–H and O–H groups in total.